The van der Waals surface area contributed by atoms with E-state index in [0.29, 0.717) is 6.42 Å². The molecule has 0 aliphatic rings. The molecular formula is C16H22O. The van der Waals surface area contributed by atoms with E-state index in [-0.39, 0.29) is 11.7 Å². The maximum atomic E-state index is 11.3. The zero-order valence-corrected chi connectivity index (χ0v) is 10.9. The van der Waals surface area contributed by atoms with E-state index in [2.05, 4.69) is 31.2 Å². The molecule has 0 radical (unpaired) electrons. The van der Waals surface area contributed by atoms with Gasteiger partial charge in [0, 0.05) is 12.3 Å². The molecule has 1 heteroatoms. The summed E-state index contributed by atoms with van der Waals surface area (Å²) in [5.74, 6) is 0.490. The smallest absolute Gasteiger partial charge is 0.130 e. The average molecular weight is 230 g/mol. The van der Waals surface area contributed by atoms with Crippen molar-refractivity contribution in [3.8, 4) is 0 Å². The second-order valence-electron chi connectivity index (χ2n) is 4.49. The minimum atomic E-state index is 0.241. The first kappa shape index (κ1) is 13.7. The number of carbonyl (C=O) groups is 1. The number of Topliss-reactive ketones (excluding diaryl/α,β-unsaturated/α-hetero) is 1. The van der Waals surface area contributed by atoms with E-state index in [1.54, 1.807) is 6.92 Å². The molecule has 0 fully saturated rings. The summed E-state index contributed by atoms with van der Waals surface area (Å²) in [6.45, 7) is 3.86. The highest BCUT2D eigenvalue weighted by Gasteiger charge is 2.09. The van der Waals surface area contributed by atoms with Gasteiger partial charge in [0.15, 0.2) is 0 Å². The van der Waals surface area contributed by atoms with Gasteiger partial charge in [0.2, 0.25) is 0 Å². The number of benzene rings is 1. The van der Waals surface area contributed by atoms with Crippen molar-refractivity contribution in [1.82, 2.24) is 0 Å². The second kappa shape index (κ2) is 7.83. The van der Waals surface area contributed by atoms with Crippen LogP contribution in [0.4, 0.5) is 0 Å². The fourth-order valence-electron chi connectivity index (χ4n) is 1.89. The van der Waals surface area contributed by atoms with Gasteiger partial charge in [-0.15, -0.1) is 0 Å². The highest BCUT2D eigenvalue weighted by molar-refractivity contribution is 5.76. The summed E-state index contributed by atoms with van der Waals surface area (Å²) in [6, 6.07) is 10.3. The number of carbonyl (C=O) groups excluding carboxylic acids is 1. The number of hydrogen-bond donors (Lipinski definition) is 0. The number of allylic oxidation sites excluding steroid dienone is 2. The molecule has 0 amide bonds. The Labute approximate surface area is 105 Å². The summed E-state index contributed by atoms with van der Waals surface area (Å²) in [5, 5.41) is 0. The van der Waals surface area contributed by atoms with Crippen LogP contribution in [0.25, 0.3) is 0 Å². The maximum Gasteiger partial charge on any atom is 0.130 e. The molecule has 1 unspecified atom stereocenters. The van der Waals surface area contributed by atoms with Crippen LogP contribution in [0, 0.1) is 0 Å². The van der Waals surface area contributed by atoms with E-state index in [1.165, 1.54) is 18.4 Å². The van der Waals surface area contributed by atoms with Crippen molar-refractivity contribution in [2.45, 2.75) is 45.4 Å². The highest BCUT2D eigenvalue weighted by atomic mass is 16.1. The minimum Gasteiger partial charge on any atom is -0.300 e. The maximum absolute atomic E-state index is 11.3. The molecule has 0 saturated carbocycles. The number of ketones is 1. The third-order valence-electron chi connectivity index (χ3n) is 2.83. The van der Waals surface area contributed by atoms with Crippen LogP contribution in [-0.4, -0.2) is 5.78 Å². The predicted octanol–water partition coefficient (Wildman–Crippen LogP) is 4.50. The third-order valence-corrected chi connectivity index (χ3v) is 2.83. The second-order valence-corrected chi connectivity index (χ2v) is 4.49. The van der Waals surface area contributed by atoms with Crippen LogP contribution in [0.1, 0.15) is 51.0 Å². The fourth-order valence-corrected chi connectivity index (χ4v) is 1.89. The molecule has 92 valence electrons. The van der Waals surface area contributed by atoms with Crippen LogP contribution in [0.3, 0.4) is 0 Å². The topological polar surface area (TPSA) is 17.1 Å². The van der Waals surface area contributed by atoms with E-state index in [0.717, 1.165) is 6.42 Å². The first-order valence-corrected chi connectivity index (χ1v) is 6.45. The van der Waals surface area contributed by atoms with Gasteiger partial charge in [0.1, 0.15) is 5.78 Å². The van der Waals surface area contributed by atoms with Crippen molar-refractivity contribution in [3.05, 3.63) is 48.0 Å². The van der Waals surface area contributed by atoms with Crippen molar-refractivity contribution >= 4 is 5.78 Å². The van der Waals surface area contributed by atoms with Crippen LogP contribution in [0.2, 0.25) is 0 Å². The molecule has 0 bridgehead atoms. The van der Waals surface area contributed by atoms with Crippen molar-refractivity contribution in [3.63, 3.8) is 0 Å². The Hall–Kier alpha value is -1.37. The van der Waals surface area contributed by atoms with Crippen LogP contribution in [-0.2, 0) is 4.79 Å². The van der Waals surface area contributed by atoms with E-state index < -0.39 is 0 Å². The summed E-state index contributed by atoms with van der Waals surface area (Å²) in [6.07, 6.45) is 8.55. The fraction of sp³-hybridized carbons (Fsp3) is 0.438. The molecular weight excluding hydrogens is 208 g/mol. The van der Waals surface area contributed by atoms with E-state index >= 15 is 0 Å². The standard InChI is InChI=1S/C16H22O/c1-3-4-5-7-12-16(13-14(2)17)15-10-8-6-9-11-15/h6-12,16H,3-5,13H2,1-2H3. The summed E-state index contributed by atoms with van der Waals surface area (Å²) in [7, 11) is 0. The SMILES string of the molecule is CCCCC=CC(CC(C)=O)c1ccccc1. The first-order valence-electron chi connectivity index (χ1n) is 6.45. The zero-order chi connectivity index (χ0) is 12.5. The van der Waals surface area contributed by atoms with Crippen molar-refractivity contribution in [2.24, 2.45) is 0 Å². The van der Waals surface area contributed by atoms with Crippen molar-refractivity contribution in [2.75, 3.05) is 0 Å². The normalized spacial score (nSPS) is 12.8. The number of hydrogen-bond acceptors (Lipinski definition) is 1. The lowest BCUT2D eigenvalue weighted by molar-refractivity contribution is -0.117. The van der Waals surface area contributed by atoms with Gasteiger partial charge in [-0.3, -0.25) is 4.79 Å². The van der Waals surface area contributed by atoms with Gasteiger partial charge in [-0.2, -0.15) is 0 Å². The van der Waals surface area contributed by atoms with Gasteiger partial charge in [-0.25, -0.2) is 0 Å². The average Bonchev–Trinajstić information content (AvgIpc) is 2.34. The molecule has 0 aliphatic heterocycles. The van der Waals surface area contributed by atoms with Crippen LogP contribution < -0.4 is 0 Å². The number of unbranched alkanes of at least 4 members (excludes halogenated alkanes) is 2. The molecule has 1 rings (SSSR count). The van der Waals surface area contributed by atoms with E-state index in [9.17, 15) is 4.79 Å². The summed E-state index contributed by atoms with van der Waals surface area (Å²) in [4.78, 5) is 11.3. The Morgan fingerprint density at radius 1 is 1.29 bits per heavy atom. The molecule has 0 N–H and O–H groups in total. The zero-order valence-electron chi connectivity index (χ0n) is 10.9. The Balaban J connectivity index is 2.67. The predicted molar refractivity (Wildman–Crippen MR) is 73.1 cm³/mol. The molecule has 0 aromatic heterocycles. The Kier molecular flexibility index (Phi) is 6.31. The minimum absolute atomic E-state index is 0.241. The third kappa shape index (κ3) is 5.48. The summed E-state index contributed by atoms with van der Waals surface area (Å²) in [5.41, 5.74) is 1.23. The molecule has 1 aromatic rings. The molecule has 0 heterocycles. The van der Waals surface area contributed by atoms with Gasteiger partial charge in [0.05, 0.1) is 0 Å². The van der Waals surface area contributed by atoms with Gasteiger partial charge in [0.25, 0.3) is 0 Å². The highest BCUT2D eigenvalue weighted by Crippen LogP contribution is 2.21. The van der Waals surface area contributed by atoms with Gasteiger partial charge in [-0.1, -0.05) is 62.2 Å². The summed E-state index contributed by atoms with van der Waals surface area (Å²) < 4.78 is 0. The molecule has 1 atom stereocenters. The summed E-state index contributed by atoms with van der Waals surface area (Å²) >= 11 is 0. The van der Waals surface area contributed by atoms with E-state index in [4.69, 9.17) is 0 Å². The lowest BCUT2D eigenvalue weighted by Crippen LogP contribution is -2.01. The monoisotopic (exact) mass is 230 g/mol. The Morgan fingerprint density at radius 3 is 2.59 bits per heavy atom. The van der Waals surface area contributed by atoms with Crippen molar-refractivity contribution in [1.29, 1.82) is 0 Å². The van der Waals surface area contributed by atoms with Crippen molar-refractivity contribution < 1.29 is 4.79 Å². The van der Waals surface area contributed by atoms with Gasteiger partial charge < -0.3 is 0 Å². The first-order chi connectivity index (χ1) is 8.24. The Morgan fingerprint density at radius 2 is 2.00 bits per heavy atom. The molecule has 1 nitrogen and oxygen atoms in total. The van der Waals surface area contributed by atoms with Crippen LogP contribution >= 0.6 is 0 Å². The van der Waals surface area contributed by atoms with E-state index in [1.807, 2.05) is 18.2 Å². The molecule has 0 aliphatic carbocycles. The lowest BCUT2D eigenvalue weighted by Gasteiger charge is -2.11. The molecule has 0 saturated heterocycles. The van der Waals surface area contributed by atoms with Crippen LogP contribution in [0.15, 0.2) is 42.5 Å². The molecule has 0 spiro atoms. The quantitative estimate of drug-likeness (QED) is 0.498. The largest absolute Gasteiger partial charge is 0.300 e. The number of rotatable bonds is 7. The van der Waals surface area contributed by atoms with Crippen LogP contribution in [0.5, 0.6) is 0 Å². The van der Waals surface area contributed by atoms with Gasteiger partial charge in [-0.05, 0) is 18.9 Å². The molecule has 1 aromatic carbocycles. The Bertz CT molecular complexity index is 351. The van der Waals surface area contributed by atoms with Gasteiger partial charge >= 0.3 is 0 Å². The lowest BCUT2D eigenvalue weighted by atomic mass is 9.93. The molecule has 17 heavy (non-hydrogen) atoms.